The molecular formula is C15H23Cl3N2O2. The molecule has 4 nitrogen and oxygen atoms in total. The molecule has 2 unspecified atom stereocenters. The van der Waals surface area contributed by atoms with Gasteiger partial charge in [-0.3, -0.25) is 4.90 Å². The Bertz CT molecular complexity index is 462. The Hall–Kier alpha value is -0.230. The standard InChI is InChI=1S/C15H22Cl2N2O2.ClH/c1-20-13-4-5-19(12(9-13)10-18)6-7-21-15-3-2-11(16)8-14(15)17;/h2-3,8,12-13H,4-7,9-10,18H2,1H3;1H. The van der Waals surface area contributed by atoms with E-state index in [-0.39, 0.29) is 12.4 Å². The van der Waals surface area contributed by atoms with Crippen molar-refractivity contribution in [3.63, 3.8) is 0 Å². The highest BCUT2D eigenvalue weighted by Crippen LogP contribution is 2.27. The number of halogens is 3. The summed E-state index contributed by atoms with van der Waals surface area (Å²) in [6.45, 7) is 3.03. The maximum Gasteiger partial charge on any atom is 0.138 e. The highest BCUT2D eigenvalue weighted by atomic mass is 35.5. The first-order valence-electron chi connectivity index (χ1n) is 7.18. The summed E-state index contributed by atoms with van der Waals surface area (Å²) in [4.78, 5) is 2.36. The van der Waals surface area contributed by atoms with Crippen LogP contribution in [0.2, 0.25) is 10.0 Å². The fourth-order valence-electron chi connectivity index (χ4n) is 2.68. The molecule has 2 atom stereocenters. The summed E-state index contributed by atoms with van der Waals surface area (Å²) in [7, 11) is 1.76. The molecule has 1 aliphatic rings. The SMILES string of the molecule is COC1CCN(CCOc2ccc(Cl)cc2Cl)C(CN)C1.Cl. The molecule has 22 heavy (non-hydrogen) atoms. The van der Waals surface area contributed by atoms with E-state index in [9.17, 15) is 0 Å². The third-order valence-electron chi connectivity index (χ3n) is 3.93. The van der Waals surface area contributed by atoms with Crippen molar-refractivity contribution in [2.24, 2.45) is 5.73 Å². The van der Waals surface area contributed by atoms with Gasteiger partial charge in [0.2, 0.25) is 0 Å². The van der Waals surface area contributed by atoms with E-state index < -0.39 is 0 Å². The van der Waals surface area contributed by atoms with Gasteiger partial charge in [-0.05, 0) is 31.0 Å². The van der Waals surface area contributed by atoms with Crippen molar-refractivity contribution >= 4 is 35.6 Å². The van der Waals surface area contributed by atoms with Gasteiger partial charge in [0.25, 0.3) is 0 Å². The summed E-state index contributed by atoms with van der Waals surface area (Å²) in [5, 5.41) is 1.15. The van der Waals surface area contributed by atoms with Crippen LogP contribution in [-0.4, -0.2) is 50.4 Å². The lowest BCUT2D eigenvalue weighted by Crippen LogP contribution is -2.49. The van der Waals surface area contributed by atoms with Crippen LogP contribution in [0.15, 0.2) is 18.2 Å². The van der Waals surface area contributed by atoms with Gasteiger partial charge in [-0.1, -0.05) is 23.2 Å². The fraction of sp³-hybridized carbons (Fsp3) is 0.600. The lowest BCUT2D eigenvalue weighted by Gasteiger charge is -2.38. The number of hydrogen-bond donors (Lipinski definition) is 1. The molecule has 1 aliphatic heterocycles. The Morgan fingerprint density at radius 3 is 2.77 bits per heavy atom. The second kappa shape index (κ2) is 9.81. The van der Waals surface area contributed by atoms with Crippen LogP contribution >= 0.6 is 35.6 Å². The molecule has 0 amide bonds. The Morgan fingerprint density at radius 1 is 1.36 bits per heavy atom. The zero-order valence-electron chi connectivity index (χ0n) is 12.6. The molecule has 0 spiro atoms. The van der Waals surface area contributed by atoms with Crippen LogP contribution in [0.4, 0.5) is 0 Å². The lowest BCUT2D eigenvalue weighted by atomic mass is 9.99. The first-order chi connectivity index (χ1) is 10.1. The Balaban J connectivity index is 0.00000242. The second-order valence-electron chi connectivity index (χ2n) is 5.23. The number of benzene rings is 1. The molecule has 0 aromatic heterocycles. The van der Waals surface area contributed by atoms with Crippen molar-refractivity contribution in [1.29, 1.82) is 0 Å². The maximum absolute atomic E-state index is 6.09. The molecule has 7 heteroatoms. The monoisotopic (exact) mass is 368 g/mol. The third-order valence-corrected chi connectivity index (χ3v) is 4.46. The van der Waals surface area contributed by atoms with Crippen molar-refractivity contribution in [3.8, 4) is 5.75 Å². The van der Waals surface area contributed by atoms with Crippen LogP contribution < -0.4 is 10.5 Å². The van der Waals surface area contributed by atoms with Crippen LogP contribution in [0.25, 0.3) is 0 Å². The van der Waals surface area contributed by atoms with E-state index in [0.29, 0.717) is 41.1 Å². The minimum Gasteiger partial charge on any atom is -0.491 e. The maximum atomic E-state index is 6.09. The molecule has 0 bridgehead atoms. The first kappa shape index (κ1) is 19.8. The van der Waals surface area contributed by atoms with Crippen LogP contribution in [0.1, 0.15) is 12.8 Å². The van der Waals surface area contributed by atoms with Crippen LogP contribution in [0.3, 0.4) is 0 Å². The van der Waals surface area contributed by atoms with E-state index in [1.807, 2.05) is 0 Å². The molecular weight excluding hydrogens is 347 g/mol. The number of nitrogens with zero attached hydrogens (tertiary/aromatic N) is 1. The van der Waals surface area contributed by atoms with E-state index in [4.69, 9.17) is 38.4 Å². The van der Waals surface area contributed by atoms with E-state index in [1.54, 1.807) is 25.3 Å². The smallest absolute Gasteiger partial charge is 0.138 e. The van der Waals surface area contributed by atoms with Crippen LogP contribution in [0.5, 0.6) is 5.75 Å². The van der Waals surface area contributed by atoms with Crippen molar-refractivity contribution in [1.82, 2.24) is 4.90 Å². The average Bonchev–Trinajstić information content (AvgIpc) is 2.49. The van der Waals surface area contributed by atoms with Crippen molar-refractivity contribution < 1.29 is 9.47 Å². The van der Waals surface area contributed by atoms with Crippen LogP contribution in [0, 0.1) is 0 Å². The third kappa shape index (κ3) is 5.44. The van der Waals surface area contributed by atoms with Gasteiger partial charge >= 0.3 is 0 Å². The van der Waals surface area contributed by atoms with Crippen molar-refractivity contribution in [3.05, 3.63) is 28.2 Å². The van der Waals surface area contributed by atoms with E-state index >= 15 is 0 Å². The normalized spacial score (nSPS) is 22.2. The Morgan fingerprint density at radius 2 is 2.14 bits per heavy atom. The molecule has 1 saturated heterocycles. The minimum absolute atomic E-state index is 0. The highest BCUT2D eigenvalue weighted by Gasteiger charge is 2.27. The van der Waals surface area contributed by atoms with Gasteiger partial charge in [-0.25, -0.2) is 0 Å². The number of piperidine rings is 1. The van der Waals surface area contributed by atoms with Gasteiger partial charge in [0, 0.05) is 37.8 Å². The largest absolute Gasteiger partial charge is 0.491 e. The summed E-state index contributed by atoms with van der Waals surface area (Å²) in [5.41, 5.74) is 5.86. The van der Waals surface area contributed by atoms with Crippen molar-refractivity contribution in [2.75, 3.05) is 33.4 Å². The molecule has 2 rings (SSSR count). The second-order valence-corrected chi connectivity index (χ2v) is 6.07. The predicted octanol–water partition coefficient (Wildman–Crippen LogP) is 3.23. The zero-order valence-corrected chi connectivity index (χ0v) is 15.0. The molecule has 0 saturated carbocycles. The highest BCUT2D eigenvalue weighted by molar-refractivity contribution is 6.35. The molecule has 2 N–H and O–H groups in total. The number of hydrogen-bond acceptors (Lipinski definition) is 4. The van der Waals surface area contributed by atoms with Gasteiger partial charge < -0.3 is 15.2 Å². The van der Waals surface area contributed by atoms with E-state index in [2.05, 4.69) is 4.90 Å². The van der Waals surface area contributed by atoms with Gasteiger partial charge in [0.15, 0.2) is 0 Å². The van der Waals surface area contributed by atoms with E-state index in [1.165, 1.54) is 0 Å². The topological polar surface area (TPSA) is 47.7 Å². The van der Waals surface area contributed by atoms with Gasteiger partial charge in [-0.2, -0.15) is 0 Å². The number of ether oxygens (including phenoxy) is 2. The molecule has 1 heterocycles. The first-order valence-corrected chi connectivity index (χ1v) is 7.94. The summed E-state index contributed by atoms with van der Waals surface area (Å²) in [6.07, 6.45) is 2.34. The lowest BCUT2D eigenvalue weighted by molar-refractivity contribution is 0.00923. The van der Waals surface area contributed by atoms with Gasteiger partial charge in [0.1, 0.15) is 12.4 Å². The molecule has 0 radical (unpaired) electrons. The summed E-state index contributed by atoms with van der Waals surface area (Å²) >= 11 is 11.9. The number of methoxy groups -OCH3 is 1. The predicted molar refractivity (Wildman–Crippen MR) is 93.7 cm³/mol. The minimum atomic E-state index is 0. The summed E-state index contributed by atoms with van der Waals surface area (Å²) < 4.78 is 11.2. The van der Waals surface area contributed by atoms with Crippen LogP contribution in [-0.2, 0) is 4.74 Å². The Kier molecular flexibility index (Phi) is 8.83. The number of likely N-dealkylation sites (tertiary alicyclic amines) is 1. The summed E-state index contributed by atoms with van der Waals surface area (Å²) in [5.74, 6) is 0.664. The number of nitrogens with two attached hydrogens (primary N) is 1. The van der Waals surface area contributed by atoms with Gasteiger partial charge in [-0.15, -0.1) is 12.4 Å². The molecule has 1 aromatic carbocycles. The average molecular weight is 370 g/mol. The van der Waals surface area contributed by atoms with Gasteiger partial charge in [0.05, 0.1) is 11.1 Å². The quantitative estimate of drug-likeness (QED) is 0.836. The fourth-order valence-corrected chi connectivity index (χ4v) is 3.14. The number of rotatable bonds is 6. The molecule has 1 fully saturated rings. The van der Waals surface area contributed by atoms with Crippen molar-refractivity contribution in [2.45, 2.75) is 25.0 Å². The molecule has 1 aromatic rings. The van der Waals surface area contributed by atoms with E-state index in [0.717, 1.165) is 25.9 Å². The Labute approximate surface area is 148 Å². The summed E-state index contributed by atoms with van der Waals surface area (Å²) in [6, 6.07) is 5.61. The molecule has 126 valence electrons. The molecule has 0 aliphatic carbocycles. The zero-order chi connectivity index (χ0) is 15.2.